The van der Waals surface area contributed by atoms with Gasteiger partial charge in [-0.15, -0.1) is 0 Å². The number of aliphatic hydroxyl groups is 1. The predicted octanol–water partition coefficient (Wildman–Crippen LogP) is 2.07. The van der Waals surface area contributed by atoms with Gasteiger partial charge < -0.3 is 9.84 Å². The van der Waals surface area contributed by atoms with Crippen LogP contribution < -0.4 is 0 Å². The second-order valence-electron chi connectivity index (χ2n) is 5.97. The number of rotatable bonds is 4. The largest absolute Gasteiger partial charge is 0.465 e. The highest BCUT2D eigenvalue weighted by Gasteiger charge is 2.30. The van der Waals surface area contributed by atoms with Crippen molar-refractivity contribution < 1.29 is 14.6 Å². The Labute approximate surface area is 120 Å². The van der Waals surface area contributed by atoms with Gasteiger partial charge in [-0.1, -0.05) is 19.1 Å². The molecule has 0 spiro atoms. The van der Waals surface area contributed by atoms with Gasteiger partial charge in [0.25, 0.3) is 0 Å². The first-order chi connectivity index (χ1) is 9.56. The second kappa shape index (κ2) is 6.37. The zero-order chi connectivity index (χ0) is 14.6. The minimum absolute atomic E-state index is 0.00178. The molecule has 0 amide bonds. The van der Waals surface area contributed by atoms with Crippen molar-refractivity contribution in [3.63, 3.8) is 0 Å². The molecule has 1 saturated heterocycles. The topological polar surface area (TPSA) is 49.8 Å². The summed E-state index contributed by atoms with van der Waals surface area (Å²) in [5.41, 5.74) is 1.69. The van der Waals surface area contributed by atoms with Gasteiger partial charge in [0.15, 0.2) is 0 Å². The van der Waals surface area contributed by atoms with Gasteiger partial charge >= 0.3 is 5.97 Å². The van der Waals surface area contributed by atoms with Crippen LogP contribution in [0.25, 0.3) is 0 Å². The van der Waals surface area contributed by atoms with Crippen LogP contribution >= 0.6 is 0 Å². The Bertz CT molecular complexity index is 475. The second-order valence-corrected chi connectivity index (χ2v) is 5.97. The fourth-order valence-electron chi connectivity index (χ4n) is 2.86. The van der Waals surface area contributed by atoms with Gasteiger partial charge in [-0.3, -0.25) is 4.90 Å². The zero-order valence-electron chi connectivity index (χ0n) is 12.3. The van der Waals surface area contributed by atoms with Crippen LogP contribution in [0.3, 0.4) is 0 Å². The summed E-state index contributed by atoms with van der Waals surface area (Å²) in [6.45, 7) is 5.10. The maximum atomic E-state index is 11.5. The van der Waals surface area contributed by atoms with Crippen LogP contribution in [0.5, 0.6) is 0 Å². The summed E-state index contributed by atoms with van der Waals surface area (Å²) >= 11 is 0. The number of benzene rings is 1. The molecule has 1 aromatic carbocycles. The van der Waals surface area contributed by atoms with E-state index in [4.69, 9.17) is 4.74 Å². The molecule has 0 aliphatic carbocycles. The van der Waals surface area contributed by atoms with Gasteiger partial charge in [-0.25, -0.2) is 4.79 Å². The van der Waals surface area contributed by atoms with Gasteiger partial charge in [0, 0.05) is 25.1 Å². The molecule has 4 heteroatoms. The van der Waals surface area contributed by atoms with Crippen LogP contribution in [0.1, 0.15) is 35.7 Å². The standard InChI is InChI=1S/C16H23NO3/c1-16(12-18)7-4-8-17(11-16)10-13-5-3-6-14(9-13)15(19)20-2/h3,5-6,9,18H,4,7-8,10-12H2,1-2H3. The zero-order valence-corrected chi connectivity index (χ0v) is 12.3. The third-order valence-electron chi connectivity index (χ3n) is 4.00. The number of esters is 1. The minimum atomic E-state index is -0.300. The lowest BCUT2D eigenvalue weighted by atomic mass is 9.82. The van der Waals surface area contributed by atoms with Crippen LogP contribution in [0, 0.1) is 5.41 Å². The van der Waals surface area contributed by atoms with Crippen LogP contribution in [0.2, 0.25) is 0 Å². The van der Waals surface area contributed by atoms with Crippen molar-refractivity contribution >= 4 is 5.97 Å². The Hall–Kier alpha value is -1.39. The van der Waals surface area contributed by atoms with E-state index in [1.54, 1.807) is 6.07 Å². The lowest BCUT2D eigenvalue weighted by molar-refractivity contribution is 0.0429. The number of hydrogen-bond acceptors (Lipinski definition) is 4. The molecule has 1 aromatic rings. The van der Waals surface area contributed by atoms with Crippen molar-refractivity contribution in [2.45, 2.75) is 26.3 Å². The lowest BCUT2D eigenvalue weighted by Gasteiger charge is -2.39. The molecular formula is C16H23NO3. The van der Waals surface area contributed by atoms with Crippen LogP contribution in [0.15, 0.2) is 24.3 Å². The third-order valence-corrected chi connectivity index (χ3v) is 4.00. The smallest absolute Gasteiger partial charge is 0.337 e. The van der Waals surface area contributed by atoms with E-state index in [-0.39, 0.29) is 18.0 Å². The number of likely N-dealkylation sites (tertiary alicyclic amines) is 1. The summed E-state index contributed by atoms with van der Waals surface area (Å²) in [7, 11) is 1.40. The normalized spacial score (nSPS) is 23.6. The first kappa shape index (κ1) is 15.0. The summed E-state index contributed by atoms with van der Waals surface area (Å²) in [5.74, 6) is -0.300. The van der Waals surface area contributed by atoms with E-state index < -0.39 is 0 Å². The molecule has 1 aliphatic rings. The molecule has 0 radical (unpaired) electrons. The molecule has 2 rings (SSSR count). The average molecular weight is 277 g/mol. The van der Waals surface area contributed by atoms with E-state index in [1.807, 2.05) is 18.2 Å². The van der Waals surface area contributed by atoms with Crippen molar-refractivity contribution in [3.8, 4) is 0 Å². The van der Waals surface area contributed by atoms with Gasteiger partial charge in [-0.05, 0) is 37.1 Å². The molecule has 0 aromatic heterocycles. The number of nitrogens with zero attached hydrogens (tertiary/aromatic N) is 1. The molecule has 0 bridgehead atoms. The van der Waals surface area contributed by atoms with Gasteiger partial charge in [0.1, 0.15) is 0 Å². The Balaban J connectivity index is 2.04. The molecule has 4 nitrogen and oxygen atoms in total. The van der Waals surface area contributed by atoms with Crippen LogP contribution in [-0.2, 0) is 11.3 Å². The Kier molecular flexibility index (Phi) is 4.78. The molecule has 1 unspecified atom stereocenters. The Morgan fingerprint density at radius 2 is 2.30 bits per heavy atom. The molecule has 1 aliphatic heterocycles. The third kappa shape index (κ3) is 3.58. The highest BCUT2D eigenvalue weighted by molar-refractivity contribution is 5.89. The Morgan fingerprint density at radius 1 is 1.50 bits per heavy atom. The minimum Gasteiger partial charge on any atom is -0.465 e. The molecule has 20 heavy (non-hydrogen) atoms. The van der Waals surface area contributed by atoms with Crippen molar-refractivity contribution in [2.75, 3.05) is 26.8 Å². The van der Waals surface area contributed by atoms with E-state index >= 15 is 0 Å². The highest BCUT2D eigenvalue weighted by atomic mass is 16.5. The fraction of sp³-hybridized carbons (Fsp3) is 0.562. The molecular weight excluding hydrogens is 254 g/mol. The molecule has 1 N–H and O–H groups in total. The van der Waals surface area contributed by atoms with Crippen LogP contribution in [0.4, 0.5) is 0 Å². The summed E-state index contributed by atoms with van der Waals surface area (Å²) in [6, 6.07) is 7.56. The number of aliphatic hydroxyl groups excluding tert-OH is 1. The molecule has 0 saturated carbocycles. The summed E-state index contributed by atoms with van der Waals surface area (Å²) in [6.07, 6.45) is 2.18. The maximum Gasteiger partial charge on any atom is 0.337 e. The Morgan fingerprint density at radius 3 is 3.00 bits per heavy atom. The fourth-order valence-corrected chi connectivity index (χ4v) is 2.86. The molecule has 1 heterocycles. The average Bonchev–Trinajstić information content (AvgIpc) is 2.47. The summed E-state index contributed by atoms with van der Waals surface area (Å²) in [4.78, 5) is 13.9. The number of piperidine rings is 1. The SMILES string of the molecule is COC(=O)c1cccc(CN2CCCC(C)(CO)C2)c1. The number of ether oxygens (including phenoxy) is 1. The van der Waals surface area contributed by atoms with E-state index in [0.717, 1.165) is 38.0 Å². The van der Waals surface area contributed by atoms with Gasteiger partial charge in [0.05, 0.1) is 12.7 Å². The van der Waals surface area contributed by atoms with E-state index in [1.165, 1.54) is 7.11 Å². The van der Waals surface area contributed by atoms with Crippen molar-refractivity contribution in [1.29, 1.82) is 0 Å². The van der Waals surface area contributed by atoms with Gasteiger partial charge in [0.2, 0.25) is 0 Å². The summed E-state index contributed by atoms with van der Waals surface area (Å²) in [5, 5.41) is 9.50. The van der Waals surface area contributed by atoms with E-state index in [0.29, 0.717) is 5.56 Å². The molecule has 1 atom stereocenters. The number of carbonyl (C=O) groups is 1. The highest BCUT2D eigenvalue weighted by Crippen LogP contribution is 2.29. The lowest BCUT2D eigenvalue weighted by Crippen LogP contribution is -2.43. The number of carbonyl (C=O) groups excluding carboxylic acids is 1. The summed E-state index contributed by atoms with van der Waals surface area (Å²) < 4.78 is 4.75. The quantitative estimate of drug-likeness (QED) is 0.856. The maximum absolute atomic E-state index is 11.5. The number of hydrogen-bond donors (Lipinski definition) is 1. The monoisotopic (exact) mass is 277 g/mol. The number of methoxy groups -OCH3 is 1. The van der Waals surface area contributed by atoms with Crippen molar-refractivity contribution in [1.82, 2.24) is 4.90 Å². The van der Waals surface area contributed by atoms with E-state index in [9.17, 15) is 9.90 Å². The first-order valence-corrected chi connectivity index (χ1v) is 7.07. The predicted molar refractivity (Wildman–Crippen MR) is 77.5 cm³/mol. The van der Waals surface area contributed by atoms with Crippen molar-refractivity contribution in [3.05, 3.63) is 35.4 Å². The molecule has 1 fully saturated rings. The van der Waals surface area contributed by atoms with Gasteiger partial charge in [-0.2, -0.15) is 0 Å². The van der Waals surface area contributed by atoms with Crippen molar-refractivity contribution in [2.24, 2.45) is 5.41 Å². The van der Waals surface area contributed by atoms with E-state index in [2.05, 4.69) is 11.8 Å². The molecule has 110 valence electrons. The van der Waals surface area contributed by atoms with Crippen LogP contribution in [-0.4, -0.2) is 42.8 Å². The first-order valence-electron chi connectivity index (χ1n) is 7.07.